The molecule has 3 atom stereocenters. The normalized spacial score (nSPS) is 19.1. The number of aliphatic hydroxyl groups excluding tert-OH is 1. The van der Waals surface area contributed by atoms with Crippen molar-refractivity contribution in [1.82, 2.24) is 20.6 Å². The van der Waals surface area contributed by atoms with Gasteiger partial charge in [-0.15, -0.1) is 11.3 Å². The summed E-state index contributed by atoms with van der Waals surface area (Å²) in [6.45, 7) is 6.93. The molecule has 3 N–H and O–H groups in total. The van der Waals surface area contributed by atoms with Crippen molar-refractivity contribution in [3.8, 4) is 17.1 Å². The van der Waals surface area contributed by atoms with Crippen molar-refractivity contribution in [3.63, 3.8) is 0 Å². The summed E-state index contributed by atoms with van der Waals surface area (Å²) in [5.74, 6) is 0.442. The van der Waals surface area contributed by atoms with Gasteiger partial charge in [0.05, 0.1) is 23.4 Å². The van der Waals surface area contributed by atoms with Gasteiger partial charge in [0.15, 0.2) is 0 Å². The number of ether oxygens (including phenoxy) is 2. The van der Waals surface area contributed by atoms with E-state index in [2.05, 4.69) is 48.5 Å². The Labute approximate surface area is 246 Å². The van der Waals surface area contributed by atoms with Crippen LogP contribution < -0.4 is 15.4 Å². The summed E-state index contributed by atoms with van der Waals surface area (Å²) >= 11 is 1.55. The molecule has 41 heavy (non-hydrogen) atoms. The molecule has 1 aromatic carbocycles. The lowest BCUT2D eigenvalue weighted by atomic mass is 9.73. The molecular weight excluding hydrogens is 536 g/mol. The van der Waals surface area contributed by atoms with E-state index in [1.807, 2.05) is 35.3 Å². The van der Waals surface area contributed by atoms with E-state index in [9.17, 15) is 9.90 Å². The molecule has 2 aliphatic rings. The van der Waals surface area contributed by atoms with E-state index in [0.717, 1.165) is 54.5 Å². The molecule has 0 bridgehead atoms. The van der Waals surface area contributed by atoms with Gasteiger partial charge in [-0.3, -0.25) is 4.79 Å². The van der Waals surface area contributed by atoms with E-state index in [1.54, 1.807) is 11.3 Å². The van der Waals surface area contributed by atoms with E-state index in [-0.39, 0.29) is 29.6 Å². The van der Waals surface area contributed by atoms with Gasteiger partial charge in [-0.2, -0.15) is 0 Å². The number of fused-ring (bicyclic) bond motifs is 1. The van der Waals surface area contributed by atoms with Crippen LogP contribution in [0.4, 0.5) is 0 Å². The molecule has 0 unspecified atom stereocenters. The third kappa shape index (κ3) is 7.52. The Morgan fingerprint density at radius 1 is 1.24 bits per heavy atom. The average molecular weight is 579 g/mol. The molecule has 1 saturated carbocycles. The summed E-state index contributed by atoms with van der Waals surface area (Å²) in [6, 6.07) is 9.82. The van der Waals surface area contributed by atoms with E-state index < -0.39 is 12.1 Å². The molecule has 220 valence electrons. The van der Waals surface area contributed by atoms with Crippen molar-refractivity contribution in [2.75, 3.05) is 20.3 Å². The second-order valence-corrected chi connectivity index (χ2v) is 13.5. The summed E-state index contributed by atoms with van der Waals surface area (Å²) in [6.07, 6.45) is 6.53. The number of carbonyl (C=O) groups excluding carboxylic acids is 1. The minimum Gasteiger partial charge on any atom is -0.471 e. The topological polar surface area (TPSA) is 106 Å². The van der Waals surface area contributed by atoms with Crippen molar-refractivity contribution in [3.05, 3.63) is 64.1 Å². The Morgan fingerprint density at radius 2 is 2.07 bits per heavy atom. The van der Waals surface area contributed by atoms with Crippen LogP contribution in [0.2, 0.25) is 0 Å². The minimum atomic E-state index is -0.826. The number of aliphatic hydroxyl groups is 1. The Hall–Kier alpha value is -2.85. The third-order valence-electron chi connectivity index (χ3n) is 7.97. The number of thiazole rings is 1. The minimum absolute atomic E-state index is 0.00411. The second kappa shape index (κ2) is 12.6. The van der Waals surface area contributed by atoms with Gasteiger partial charge in [-0.25, -0.2) is 9.97 Å². The highest BCUT2D eigenvalue weighted by molar-refractivity contribution is 7.07. The number of hydrogen-bond donors (Lipinski definition) is 3. The maximum absolute atomic E-state index is 12.6. The fourth-order valence-electron chi connectivity index (χ4n) is 5.88. The third-order valence-corrected chi connectivity index (χ3v) is 8.56. The van der Waals surface area contributed by atoms with E-state index in [4.69, 9.17) is 14.5 Å². The van der Waals surface area contributed by atoms with Gasteiger partial charge in [0.2, 0.25) is 11.8 Å². The summed E-state index contributed by atoms with van der Waals surface area (Å²) in [4.78, 5) is 21.7. The second-order valence-electron chi connectivity index (χ2n) is 12.7. The van der Waals surface area contributed by atoms with Crippen LogP contribution in [0.25, 0.3) is 11.3 Å². The number of pyridine rings is 1. The van der Waals surface area contributed by atoms with Crippen molar-refractivity contribution < 1.29 is 19.4 Å². The summed E-state index contributed by atoms with van der Waals surface area (Å²) in [7, 11) is 1.49. The molecule has 1 spiro atoms. The number of rotatable bonds is 11. The van der Waals surface area contributed by atoms with Crippen LogP contribution in [-0.2, 0) is 22.4 Å². The lowest BCUT2D eigenvalue weighted by Crippen LogP contribution is -2.52. The van der Waals surface area contributed by atoms with Crippen LogP contribution in [0.1, 0.15) is 69.2 Å². The van der Waals surface area contributed by atoms with Crippen molar-refractivity contribution >= 4 is 17.2 Å². The number of amides is 1. The number of nitrogens with zero attached hydrogens (tertiary/aromatic N) is 2. The first-order valence-electron chi connectivity index (χ1n) is 14.5. The van der Waals surface area contributed by atoms with Crippen LogP contribution in [-0.4, -0.2) is 59.0 Å². The van der Waals surface area contributed by atoms with Gasteiger partial charge in [-0.1, -0.05) is 39.0 Å². The lowest BCUT2D eigenvalue weighted by molar-refractivity contribution is -0.126. The zero-order valence-corrected chi connectivity index (χ0v) is 25.3. The highest BCUT2D eigenvalue weighted by Crippen LogP contribution is 2.48. The predicted octanol–water partition coefficient (Wildman–Crippen LogP) is 4.86. The Kier molecular flexibility index (Phi) is 9.09. The van der Waals surface area contributed by atoms with Gasteiger partial charge in [0, 0.05) is 48.8 Å². The Balaban J connectivity index is 1.33. The number of benzene rings is 1. The first-order chi connectivity index (χ1) is 19.6. The van der Waals surface area contributed by atoms with Crippen molar-refractivity contribution in [2.24, 2.45) is 5.41 Å². The van der Waals surface area contributed by atoms with Crippen LogP contribution in [0, 0.1) is 5.41 Å². The van der Waals surface area contributed by atoms with E-state index in [1.165, 1.54) is 12.7 Å². The standard InChI is InChI=1S/C32H42N4O4S/c1-31(2,3)14-22-12-24-26(15-32(9-6-10-32)40-30(24)34-16-22)33-17-28(37)25(36-29(38)18-39-4)13-21-7-5-8-23(11-21)27-19-41-20-35-27/h5,7-8,11-12,16,19-20,25-26,28,33,37H,6,9-10,13-15,17-18H2,1-4H3,(H,36,38)/t25-,26-,28+/m0/s1. The highest BCUT2D eigenvalue weighted by atomic mass is 32.1. The van der Waals surface area contributed by atoms with Crippen molar-refractivity contribution in [1.29, 1.82) is 0 Å². The van der Waals surface area contributed by atoms with E-state index in [0.29, 0.717) is 18.8 Å². The monoisotopic (exact) mass is 578 g/mol. The summed E-state index contributed by atoms with van der Waals surface area (Å²) in [5.41, 5.74) is 6.95. The maximum Gasteiger partial charge on any atom is 0.246 e. The number of methoxy groups -OCH3 is 1. The van der Waals surface area contributed by atoms with Crippen LogP contribution in [0.3, 0.4) is 0 Å². The largest absolute Gasteiger partial charge is 0.471 e. The quantitative estimate of drug-likeness (QED) is 0.298. The van der Waals surface area contributed by atoms with Crippen molar-refractivity contribution in [2.45, 2.75) is 83.1 Å². The Morgan fingerprint density at radius 3 is 2.76 bits per heavy atom. The smallest absolute Gasteiger partial charge is 0.246 e. The first-order valence-corrected chi connectivity index (χ1v) is 15.4. The van der Waals surface area contributed by atoms with Gasteiger partial charge < -0.3 is 25.2 Å². The zero-order valence-electron chi connectivity index (χ0n) is 24.5. The fraction of sp³-hybridized carbons (Fsp3) is 0.531. The number of hydrogen-bond acceptors (Lipinski definition) is 8. The van der Waals surface area contributed by atoms with Crippen LogP contribution in [0.15, 0.2) is 47.4 Å². The van der Waals surface area contributed by atoms with E-state index >= 15 is 0 Å². The molecule has 1 aliphatic carbocycles. The molecule has 1 aliphatic heterocycles. The predicted molar refractivity (Wildman–Crippen MR) is 161 cm³/mol. The SMILES string of the molecule is COCC(=O)N[C@@H](Cc1cccc(-c2cscn2)c1)[C@H](O)CN[C@H]1CC2(CCC2)Oc2ncc(CC(C)(C)C)cc21. The molecule has 0 saturated heterocycles. The maximum atomic E-state index is 12.6. The molecule has 8 nitrogen and oxygen atoms in total. The molecule has 2 aromatic heterocycles. The number of aromatic nitrogens is 2. The molecule has 3 heterocycles. The van der Waals surface area contributed by atoms with Crippen LogP contribution in [0.5, 0.6) is 5.88 Å². The Bertz CT molecular complexity index is 1320. The van der Waals surface area contributed by atoms with Gasteiger partial charge in [0.25, 0.3) is 0 Å². The highest BCUT2D eigenvalue weighted by Gasteiger charge is 2.46. The zero-order chi connectivity index (χ0) is 29.0. The fourth-order valence-corrected chi connectivity index (χ4v) is 6.44. The first kappa shape index (κ1) is 29.6. The number of nitrogens with one attached hydrogen (secondary N) is 2. The molecule has 1 fully saturated rings. The molecule has 9 heteroatoms. The van der Waals surface area contributed by atoms with Gasteiger partial charge in [-0.05, 0) is 60.8 Å². The molecular formula is C32H42N4O4S. The molecule has 3 aromatic rings. The number of carbonyl (C=O) groups is 1. The molecule has 1 amide bonds. The van der Waals surface area contributed by atoms with Gasteiger partial charge >= 0.3 is 0 Å². The summed E-state index contributed by atoms with van der Waals surface area (Å²) in [5, 5.41) is 20.1. The average Bonchev–Trinajstić information content (AvgIpc) is 3.45. The molecule has 0 radical (unpaired) electrons. The lowest BCUT2D eigenvalue weighted by Gasteiger charge is -2.47. The molecule has 5 rings (SSSR count). The van der Waals surface area contributed by atoms with Gasteiger partial charge in [0.1, 0.15) is 12.2 Å². The summed E-state index contributed by atoms with van der Waals surface area (Å²) < 4.78 is 11.5. The van der Waals surface area contributed by atoms with Crippen LogP contribution >= 0.6 is 11.3 Å².